The van der Waals surface area contributed by atoms with Gasteiger partial charge in [-0.25, -0.2) is 9.18 Å². The Hall–Kier alpha value is -1.14. The summed E-state index contributed by atoms with van der Waals surface area (Å²) in [5, 5.41) is 11.8. The molecule has 1 rings (SSSR count). The highest BCUT2D eigenvalue weighted by Gasteiger charge is 2.20. The zero-order valence-electron chi connectivity index (χ0n) is 11.1. The fraction of sp³-hybridized carbons (Fsp3) is 0.462. The maximum absolute atomic E-state index is 14.0. The van der Waals surface area contributed by atoms with Crippen LogP contribution >= 0.6 is 15.9 Å². The van der Waals surface area contributed by atoms with Crippen LogP contribution in [-0.2, 0) is 4.74 Å². The smallest absolute Gasteiger partial charge is 0.336 e. The third-order valence-corrected chi connectivity index (χ3v) is 3.33. The number of anilines is 1. The molecule has 2 N–H and O–H groups in total. The Morgan fingerprint density at radius 3 is 2.68 bits per heavy atom. The van der Waals surface area contributed by atoms with Gasteiger partial charge in [-0.2, -0.15) is 0 Å². The van der Waals surface area contributed by atoms with Crippen molar-refractivity contribution in [3.8, 4) is 0 Å². The number of ether oxygens (including phenoxy) is 1. The first-order valence-electron chi connectivity index (χ1n) is 5.87. The van der Waals surface area contributed by atoms with E-state index in [1.54, 1.807) is 0 Å². The topological polar surface area (TPSA) is 58.6 Å². The van der Waals surface area contributed by atoms with Gasteiger partial charge in [0.15, 0.2) is 5.82 Å². The molecule has 0 bridgehead atoms. The summed E-state index contributed by atoms with van der Waals surface area (Å²) in [5.41, 5.74) is -0.296. The Balaban J connectivity index is 2.87. The lowest BCUT2D eigenvalue weighted by Crippen LogP contribution is -2.33. The molecule has 1 aromatic carbocycles. The van der Waals surface area contributed by atoms with Crippen molar-refractivity contribution in [2.24, 2.45) is 0 Å². The molecule has 19 heavy (non-hydrogen) atoms. The van der Waals surface area contributed by atoms with Crippen molar-refractivity contribution >= 4 is 27.6 Å². The van der Waals surface area contributed by atoms with E-state index in [1.165, 1.54) is 12.1 Å². The van der Waals surface area contributed by atoms with Gasteiger partial charge in [-0.1, -0.05) is 0 Å². The number of carboxylic acid groups (broad SMARTS) is 1. The Kier molecular flexibility index (Phi) is 5.31. The molecular formula is C13H17BrFNO3. The van der Waals surface area contributed by atoms with Crippen molar-refractivity contribution in [2.75, 3.05) is 18.5 Å². The van der Waals surface area contributed by atoms with Crippen molar-refractivity contribution in [1.29, 1.82) is 0 Å². The van der Waals surface area contributed by atoms with E-state index in [4.69, 9.17) is 9.84 Å². The standard InChI is InChI=1S/C13H17BrFNO3/c1-4-19-13(2,3)7-16-9-6-5-8(12(17)18)10(14)11(9)15/h5-6,16H,4,7H2,1-3H3,(H,17,18). The fourth-order valence-corrected chi connectivity index (χ4v) is 2.12. The van der Waals surface area contributed by atoms with Gasteiger partial charge < -0.3 is 15.2 Å². The summed E-state index contributed by atoms with van der Waals surface area (Å²) in [6.45, 7) is 6.65. The summed E-state index contributed by atoms with van der Waals surface area (Å²) in [6, 6.07) is 2.76. The number of carbonyl (C=O) groups is 1. The molecule has 0 aliphatic heterocycles. The van der Waals surface area contributed by atoms with Gasteiger partial charge >= 0.3 is 5.97 Å². The highest BCUT2D eigenvalue weighted by atomic mass is 79.9. The summed E-state index contributed by atoms with van der Waals surface area (Å²) in [5.74, 6) is -1.79. The first kappa shape index (κ1) is 15.9. The molecular weight excluding hydrogens is 317 g/mol. The first-order chi connectivity index (χ1) is 8.78. The van der Waals surface area contributed by atoms with Crippen molar-refractivity contribution in [2.45, 2.75) is 26.4 Å². The van der Waals surface area contributed by atoms with Crippen molar-refractivity contribution < 1.29 is 19.0 Å². The van der Waals surface area contributed by atoms with E-state index < -0.39 is 17.4 Å². The largest absolute Gasteiger partial charge is 0.478 e. The van der Waals surface area contributed by atoms with Crippen LogP contribution in [0.4, 0.5) is 10.1 Å². The van der Waals surface area contributed by atoms with Gasteiger partial charge in [0.2, 0.25) is 0 Å². The van der Waals surface area contributed by atoms with Crippen molar-refractivity contribution in [3.63, 3.8) is 0 Å². The molecule has 0 aliphatic carbocycles. The van der Waals surface area contributed by atoms with Gasteiger partial charge in [-0.05, 0) is 48.8 Å². The van der Waals surface area contributed by atoms with E-state index >= 15 is 0 Å². The molecule has 0 heterocycles. The van der Waals surface area contributed by atoms with E-state index in [1.807, 2.05) is 20.8 Å². The lowest BCUT2D eigenvalue weighted by atomic mass is 10.1. The predicted octanol–water partition coefficient (Wildman–Crippen LogP) is 3.51. The lowest BCUT2D eigenvalue weighted by molar-refractivity contribution is 0.000652. The van der Waals surface area contributed by atoms with E-state index in [2.05, 4.69) is 21.2 Å². The summed E-state index contributed by atoms with van der Waals surface area (Å²) < 4.78 is 19.4. The molecule has 6 heteroatoms. The van der Waals surface area contributed by atoms with Crippen molar-refractivity contribution in [1.82, 2.24) is 0 Å². The molecule has 1 aromatic rings. The number of hydrogen-bond donors (Lipinski definition) is 2. The molecule has 0 aliphatic rings. The third kappa shape index (κ3) is 4.18. The molecule has 0 aromatic heterocycles. The minimum absolute atomic E-state index is 0.0563. The molecule has 0 spiro atoms. The SMILES string of the molecule is CCOC(C)(C)CNc1ccc(C(=O)O)c(Br)c1F. The van der Waals surface area contributed by atoms with Gasteiger partial charge in [0.25, 0.3) is 0 Å². The Labute approximate surface area is 120 Å². The minimum Gasteiger partial charge on any atom is -0.478 e. The molecule has 0 amide bonds. The highest BCUT2D eigenvalue weighted by Crippen LogP contribution is 2.27. The Morgan fingerprint density at radius 2 is 2.16 bits per heavy atom. The molecule has 0 atom stereocenters. The number of hydrogen-bond acceptors (Lipinski definition) is 3. The van der Waals surface area contributed by atoms with Crippen molar-refractivity contribution in [3.05, 3.63) is 28.0 Å². The molecule has 0 saturated carbocycles. The zero-order valence-corrected chi connectivity index (χ0v) is 12.7. The number of benzene rings is 1. The number of nitrogens with one attached hydrogen (secondary N) is 1. The Morgan fingerprint density at radius 1 is 1.53 bits per heavy atom. The van der Waals surface area contributed by atoms with E-state index in [-0.39, 0.29) is 15.7 Å². The Bertz CT molecular complexity index is 477. The predicted molar refractivity (Wildman–Crippen MR) is 75.3 cm³/mol. The number of aromatic carboxylic acids is 1. The molecule has 106 valence electrons. The van der Waals surface area contributed by atoms with Crippen LogP contribution in [0.15, 0.2) is 16.6 Å². The highest BCUT2D eigenvalue weighted by molar-refractivity contribution is 9.10. The molecule has 0 saturated heterocycles. The number of halogens is 2. The summed E-state index contributed by atoms with van der Waals surface area (Å²) in [6.07, 6.45) is 0. The van der Waals surface area contributed by atoms with Gasteiger partial charge in [-0.3, -0.25) is 0 Å². The maximum atomic E-state index is 14.0. The molecule has 0 fully saturated rings. The summed E-state index contributed by atoms with van der Waals surface area (Å²) >= 11 is 2.96. The van der Waals surface area contributed by atoms with Crippen LogP contribution < -0.4 is 5.32 Å². The van der Waals surface area contributed by atoms with Crippen LogP contribution in [0.2, 0.25) is 0 Å². The zero-order chi connectivity index (χ0) is 14.6. The second kappa shape index (κ2) is 6.34. The monoisotopic (exact) mass is 333 g/mol. The second-order valence-electron chi connectivity index (χ2n) is 4.64. The van der Waals surface area contributed by atoms with Gasteiger partial charge in [0, 0.05) is 13.2 Å². The number of carboxylic acids is 1. The van der Waals surface area contributed by atoms with E-state index in [0.29, 0.717) is 13.2 Å². The molecule has 0 radical (unpaired) electrons. The normalized spacial score (nSPS) is 11.4. The van der Waals surface area contributed by atoms with Crippen LogP contribution in [0.3, 0.4) is 0 Å². The first-order valence-corrected chi connectivity index (χ1v) is 6.67. The lowest BCUT2D eigenvalue weighted by Gasteiger charge is -2.25. The van der Waals surface area contributed by atoms with Gasteiger partial charge in [0.1, 0.15) is 0 Å². The maximum Gasteiger partial charge on any atom is 0.336 e. The van der Waals surface area contributed by atoms with Crippen LogP contribution in [0.25, 0.3) is 0 Å². The second-order valence-corrected chi connectivity index (χ2v) is 5.43. The average molecular weight is 334 g/mol. The molecule has 0 unspecified atom stereocenters. The van der Waals surface area contributed by atoms with Crippen LogP contribution in [-0.4, -0.2) is 29.8 Å². The van der Waals surface area contributed by atoms with Gasteiger partial charge in [0.05, 0.1) is 21.3 Å². The van der Waals surface area contributed by atoms with Gasteiger partial charge in [-0.15, -0.1) is 0 Å². The fourth-order valence-electron chi connectivity index (χ4n) is 1.60. The third-order valence-electron chi connectivity index (χ3n) is 2.55. The average Bonchev–Trinajstić information content (AvgIpc) is 2.30. The number of rotatable bonds is 6. The van der Waals surface area contributed by atoms with E-state index in [0.717, 1.165) is 0 Å². The van der Waals surface area contributed by atoms with Crippen LogP contribution in [0, 0.1) is 5.82 Å². The van der Waals surface area contributed by atoms with Crippen LogP contribution in [0.5, 0.6) is 0 Å². The summed E-state index contributed by atoms with van der Waals surface area (Å²) in [4.78, 5) is 10.9. The van der Waals surface area contributed by atoms with E-state index in [9.17, 15) is 9.18 Å². The van der Waals surface area contributed by atoms with Crippen LogP contribution in [0.1, 0.15) is 31.1 Å². The quantitative estimate of drug-likeness (QED) is 0.836. The molecule has 4 nitrogen and oxygen atoms in total. The summed E-state index contributed by atoms with van der Waals surface area (Å²) in [7, 11) is 0. The minimum atomic E-state index is -1.17.